The lowest BCUT2D eigenvalue weighted by molar-refractivity contribution is -0.136. The third-order valence-corrected chi connectivity index (χ3v) is 3.69. The van der Waals surface area contributed by atoms with E-state index < -0.39 is 6.04 Å². The van der Waals surface area contributed by atoms with Gasteiger partial charge in [-0.05, 0) is 31.8 Å². The van der Waals surface area contributed by atoms with Gasteiger partial charge in [0.05, 0.1) is 6.04 Å². The number of nitrogens with two attached hydrogens (primary N) is 1. The van der Waals surface area contributed by atoms with E-state index in [4.69, 9.17) is 5.73 Å². The molecule has 0 aliphatic carbocycles. The Morgan fingerprint density at radius 3 is 2.53 bits per heavy atom. The first kappa shape index (κ1) is 14.5. The van der Waals surface area contributed by atoms with Gasteiger partial charge in [-0.3, -0.25) is 4.79 Å². The van der Waals surface area contributed by atoms with Crippen LogP contribution in [0.3, 0.4) is 0 Å². The van der Waals surface area contributed by atoms with E-state index in [0.29, 0.717) is 6.04 Å². The lowest BCUT2D eigenvalue weighted by atomic mass is 9.86. The third-order valence-electron chi connectivity index (χ3n) is 3.69. The molecule has 2 N–H and O–H groups in total. The average Bonchev–Trinajstić information content (AvgIpc) is 2.25. The fraction of sp³-hybridized carbons (Fsp3) is 0.923. The molecule has 1 rings (SSSR count). The van der Waals surface area contributed by atoms with Gasteiger partial charge in [-0.1, -0.05) is 20.8 Å². The second kappa shape index (κ2) is 5.36. The SMILES string of the molecule is CN1CCCC(N(C)C(=O)[C@@H](N)C(C)(C)C)C1. The number of likely N-dealkylation sites (N-methyl/N-ethyl adjacent to an activating group) is 2. The topological polar surface area (TPSA) is 49.6 Å². The molecule has 1 unspecified atom stereocenters. The molecule has 2 atom stereocenters. The zero-order chi connectivity index (χ0) is 13.2. The summed E-state index contributed by atoms with van der Waals surface area (Å²) in [5, 5.41) is 0. The highest BCUT2D eigenvalue weighted by atomic mass is 16.2. The summed E-state index contributed by atoms with van der Waals surface area (Å²) in [4.78, 5) is 16.4. The van der Waals surface area contributed by atoms with Crippen LogP contribution >= 0.6 is 0 Å². The molecule has 0 saturated carbocycles. The number of amides is 1. The van der Waals surface area contributed by atoms with Crippen LogP contribution in [0.1, 0.15) is 33.6 Å². The highest BCUT2D eigenvalue weighted by Crippen LogP contribution is 2.21. The Bertz CT molecular complexity index is 272. The van der Waals surface area contributed by atoms with Crippen molar-refractivity contribution in [3.05, 3.63) is 0 Å². The first-order valence-electron chi connectivity index (χ1n) is 6.44. The van der Waals surface area contributed by atoms with E-state index in [9.17, 15) is 4.79 Å². The minimum absolute atomic E-state index is 0.0674. The highest BCUT2D eigenvalue weighted by molar-refractivity contribution is 5.82. The standard InChI is InChI=1S/C13H27N3O/c1-13(2,3)11(14)12(17)16(5)10-7-6-8-15(4)9-10/h10-11H,6-9,14H2,1-5H3/t10?,11-/m1/s1. The second-order valence-electron chi connectivity index (χ2n) is 6.35. The monoisotopic (exact) mass is 241 g/mol. The summed E-state index contributed by atoms with van der Waals surface area (Å²) >= 11 is 0. The molecule has 0 bridgehead atoms. The summed E-state index contributed by atoms with van der Waals surface area (Å²) in [5.74, 6) is 0.0674. The largest absolute Gasteiger partial charge is 0.340 e. The van der Waals surface area contributed by atoms with Crippen LogP contribution in [0, 0.1) is 5.41 Å². The number of carbonyl (C=O) groups excluding carboxylic acids is 1. The Kier molecular flexibility index (Phi) is 4.55. The zero-order valence-electron chi connectivity index (χ0n) is 11.9. The third kappa shape index (κ3) is 3.68. The van der Waals surface area contributed by atoms with Gasteiger partial charge in [0.2, 0.25) is 5.91 Å². The number of carbonyl (C=O) groups is 1. The van der Waals surface area contributed by atoms with Crippen LogP contribution in [0.15, 0.2) is 0 Å². The minimum atomic E-state index is -0.417. The molecular formula is C13H27N3O. The van der Waals surface area contributed by atoms with Gasteiger partial charge in [-0.2, -0.15) is 0 Å². The summed E-state index contributed by atoms with van der Waals surface area (Å²) in [6, 6.07) is -0.102. The number of hydrogen-bond acceptors (Lipinski definition) is 3. The number of rotatable bonds is 2. The van der Waals surface area contributed by atoms with Gasteiger partial charge < -0.3 is 15.5 Å². The van der Waals surface area contributed by atoms with Crippen molar-refractivity contribution in [1.82, 2.24) is 9.80 Å². The van der Waals surface area contributed by atoms with E-state index in [1.807, 2.05) is 32.7 Å². The maximum absolute atomic E-state index is 12.3. The molecule has 0 aromatic rings. The van der Waals surface area contributed by atoms with Crippen LogP contribution in [0.4, 0.5) is 0 Å². The lowest BCUT2D eigenvalue weighted by Gasteiger charge is -2.38. The Hall–Kier alpha value is -0.610. The van der Waals surface area contributed by atoms with Crippen molar-refractivity contribution in [1.29, 1.82) is 0 Å². The van der Waals surface area contributed by atoms with E-state index in [0.717, 1.165) is 25.9 Å². The molecule has 4 heteroatoms. The molecule has 1 fully saturated rings. The van der Waals surface area contributed by atoms with Gasteiger partial charge in [0.1, 0.15) is 0 Å². The van der Waals surface area contributed by atoms with Crippen LogP contribution < -0.4 is 5.73 Å². The van der Waals surface area contributed by atoms with Crippen LogP contribution in [0.2, 0.25) is 0 Å². The molecule has 1 heterocycles. The second-order valence-corrected chi connectivity index (χ2v) is 6.35. The van der Waals surface area contributed by atoms with Crippen molar-refractivity contribution in [2.75, 3.05) is 27.2 Å². The zero-order valence-corrected chi connectivity index (χ0v) is 11.9. The van der Waals surface area contributed by atoms with Gasteiger partial charge in [0, 0.05) is 19.6 Å². The van der Waals surface area contributed by atoms with Crippen molar-refractivity contribution >= 4 is 5.91 Å². The lowest BCUT2D eigenvalue weighted by Crippen LogP contribution is -2.55. The van der Waals surface area contributed by atoms with Crippen molar-refractivity contribution in [2.45, 2.75) is 45.7 Å². The Balaban J connectivity index is 2.63. The van der Waals surface area contributed by atoms with Gasteiger partial charge in [0.15, 0.2) is 0 Å². The van der Waals surface area contributed by atoms with Crippen molar-refractivity contribution in [3.8, 4) is 0 Å². The Morgan fingerprint density at radius 1 is 1.47 bits per heavy atom. The molecule has 1 amide bonds. The number of hydrogen-bond donors (Lipinski definition) is 1. The Labute approximate surface area is 105 Å². The molecular weight excluding hydrogens is 214 g/mol. The molecule has 0 aromatic heterocycles. The molecule has 4 nitrogen and oxygen atoms in total. The van der Waals surface area contributed by atoms with Gasteiger partial charge in [-0.25, -0.2) is 0 Å². The fourth-order valence-corrected chi connectivity index (χ4v) is 2.23. The normalized spacial score (nSPS) is 24.5. The molecule has 1 aliphatic heterocycles. The molecule has 17 heavy (non-hydrogen) atoms. The van der Waals surface area contributed by atoms with Gasteiger partial charge in [0.25, 0.3) is 0 Å². The molecule has 1 aliphatic rings. The predicted molar refractivity (Wildman–Crippen MR) is 70.7 cm³/mol. The molecule has 1 saturated heterocycles. The average molecular weight is 241 g/mol. The van der Waals surface area contributed by atoms with Crippen molar-refractivity contribution in [3.63, 3.8) is 0 Å². The van der Waals surface area contributed by atoms with Gasteiger partial charge in [-0.15, -0.1) is 0 Å². The molecule has 0 spiro atoms. The summed E-state index contributed by atoms with van der Waals surface area (Å²) in [6.45, 7) is 8.12. The predicted octanol–water partition coefficient (Wildman–Crippen LogP) is 0.912. The van der Waals surface area contributed by atoms with Crippen molar-refractivity contribution in [2.24, 2.45) is 11.1 Å². The van der Waals surface area contributed by atoms with Crippen LogP contribution in [-0.2, 0) is 4.79 Å². The molecule has 0 radical (unpaired) electrons. The first-order valence-corrected chi connectivity index (χ1v) is 6.44. The maximum atomic E-state index is 12.3. The Morgan fingerprint density at radius 2 is 2.06 bits per heavy atom. The summed E-state index contributed by atoms with van der Waals surface area (Å²) in [7, 11) is 3.99. The maximum Gasteiger partial charge on any atom is 0.240 e. The minimum Gasteiger partial charge on any atom is -0.340 e. The summed E-state index contributed by atoms with van der Waals surface area (Å²) < 4.78 is 0. The van der Waals surface area contributed by atoms with E-state index in [1.54, 1.807) is 0 Å². The van der Waals surface area contributed by atoms with Crippen LogP contribution in [0.25, 0.3) is 0 Å². The fourth-order valence-electron chi connectivity index (χ4n) is 2.23. The van der Waals surface area contributed by atoms with E-state index in [2.05, 4.69) is 11.9 Å². The van der Waals surface area contributed by atoms with E-state index in [1.165, 1.54) is 0 Å². The highest BCUT2D eigenvalue weighted by Gasteiger charge is 2.33. The number of likely N-dealkylation sites (tertiary alicyclic amines) is 1. The van der Waals surface area contributed by atoms with Crippen molar-refractivity contribution < 1.29 is 4.79 Å². The number of piperidine rings is 1. The summed E-state index contributed by atoms with van der Waals surface area (Å²) in [6.07, 6.45) is 2.24. The molecule has 100 valence electrons. The quantitative estimate of drug-likeness (QED) is 0.782. The first-order chi connectivity index (χ1) is 7.73. The van der Waals surface area contributed by atoms with Gasteiger partial charge >= 0.3 is 0 Å². The van der Waals surface area contributed by atoms with Crippen LogP contribution in [-0.4, -0.2) is 55.0 Å². The smallest absolute Gasteiger partial charge is 0.240 e. The summed E-state index contributed by atoms with van der Waals surface area (Å²) in [5.41, 5.74) is 5.86. The molecule has 0 aromatic carbocycles. The van der Waals surface area contributed by atoms with E-state index >= 15 is 0 Å². The van der Waals surface area contributed by atoms with Crippen LogP contribution in [0.5, 0.6) is 0 Å². The van der Waals surface area contributed by atoms with E-state index in [-0.39, 0.29) is 11.3 Å². The number of nitrogens with zero attached hydrogens (tertiary/aromatic N) is 2.